The van der Waals surface area contributed by atoms with Crippen LogP contribution in [0.1, 0.15) is 16.1 Å². The maximum absolute atomic E-state index is 12.9. The molecule has 0 atom stereocenters. The van der Waals surface area contributed by atoms with Crippen molar-refractivity contribution in [1.29, 1.82) is 0 Å². The summed E-state index contributed by atoms with van der Waals surface area (Å²) in [6.45, 7) is 1.70. The van der Waals surface area contributed by atoms with Gasteiger partial charge in [0.15, 0.2) is 0 Å². The third-order valence-electron chi connectivity index (χ3n) is 2.41. The smallest absolute Gasteiger partial charge is 0.272 e. The second-order valence-corrected chi connectivity index (χ2v) is 4.54. The van der Waals surface area contributed by atoms with Gasteiger partial charge < -0.3 is 10.3 Å². The van der Waals surface area contributed by atoms with E-state index in [1.165, 1.54) is 24.3 Å². The molecular formula is C12H9Cl2FN2O. The fourth-order valence-electron chi connectivity index (χ4n) is 1.48. The van der Waals surface area contributed by atoms with Crippen molar-refractivity contribution in [3.8, 4) is 0 Å². The van der Waals surface area contributed by atoms with Crippen molar-refractivity contribution in [2.45, 2.75) is 6.92 Å². The molecule has 6 heteroatoms. The van der Waals surface area contributed by atoms with Gasteiger partial charge in [0.2, 0.25) is 0 Å². The molecule has 3 nitrogen and oxygen atoms in total. The first kappa shape index (κ1) is 12.9. The van der Waals surface area contributed by atoms with Crippen LogP contribution in [-0.2, 0) is 0 Å². The summed E-state index contributed by atoms with van der Waals surface area (Å²) in [5.74, 6) is -0.741. The van der Waals surface area contributed by atoms with Crippen LogP contribution in [0.2, 0.25) is 10.2 Å². The lowest BCUT2D eigenvalue weighted by atomic mass is 10.2. The van der Waals surface area contributed by atoms with Crippen molar-refractivity contribution in [2.75, 3.05) is 5.32 Å². The third kappa shape index (κ3) is 2.66. The van der Waals surface area contributed by atoms with E-state index in [1.54, 1.807) is 6.92 Å². The molecule has 0 fully saturated rings. The zero-order valence-corrected chi connectivity index (χ0v) is 10.9. The van der Waals surface area contributed by atoms with Crippen LogP contribution in [0.4, 0.5) is 10.1 Å². The number of carbonyl (C=O) groups excluding carboxylic acids is 1. The Kier molecular flexibility index (Phi) is 3.59. The SMILES string of the molecule is Cc1cc(F)ccc1NC(=O)c1cc(Cl)c(Cl)[nH]1. The summed E-state index contributed by atoms with van der Waals surface area (Å²) < 4.78 is 12.9. The topological polar surface area (TPSA) is 44.9 Å². The van der Waals surface area contributed by atoms with Gasteiger partial charge in [0.05, 0.1) is 5.02 Å². The van der Waals surface area contributed by atoms with Crippen molar-refractivity contribution < 1.29 is 9.18 Å². The first-order chi connectivity index (χ1) is 8.47. The Morgan fingerprint density at radius 2 is 2.06 bits per heavy atom. The summed E-state index contributed by atoms with van der Waals surface area (Å²) in [6, 6.07) is 5.54. The molecule has 1 aromatic carbocycles. The van der Waals surface area contributed by atoms with Crippen LogP contribution < -0.4 is 5.32 Å². The molecule has 0 saturated heterocycles. The maximum atomic E-state index is 12.9. The first-order valence-corrected chi connectivity index (χ1v) is 5.84. The molecule has 94 valence electrons. The zero-order chi connectivity index (χ0) is 13.3. The number of hydrogen-bond acceptors (Lipinski definition) is 1. The molecule has 0 aliphatic heterocycles. The van der Waals surface area contributed by atoms with Crippen molar-refractivity contribution in [3.05, 3.63) is 51.5 Å². The summed E-state index contributed by atoms with van der Waals surface area (Å²) in [7, 11) is 0. The number of halogens is 3. The summed E-state index contributed by atoms with van der Waals surface area (Å²) in [5.41, 5.74) is 1.41. The quantitative estimate of drug-likeness (QED) is 0.860. The Hall–Kier alpha value is -1.52. The van der Waals surface area contributed by atoms with Gasteiger partial charge in [-0.15, -0.1) is 0 Å². The molecular weight excluding hydrogens is 278 g/mol. The normalized spacial score (nSPS) is 10.4. The van der Waals surface area contributed by atoms with Crippen molar-refractivity contribution in [3.63, 3.8) is 0 Å². The van der Waals surface area contributed by atoms with Gasteiger partial charge in [-0.2, -0.15) is 0 Å². The number of nitrogens with one attached hydrogen (secondary N) is 2. The Morgan fingerprint density at radius 1 is 1.33 bits per heavy atom. The van der Waals surface area contributed by atoms with Crippen molar-refractivity contribution in [1.82, 2.24) is 4.98 Å². The lowest BCUT2D eigenvalue weighted by molar-refractivity contribution is 0.102. The highest BCUT2D eigenvalue weighted by Crippen LogP contribution is 2.23. The molecule has 2 aromatic rings. The van der Waals surface area contributed by atoms with Gasteiger partial charge >= 0.3 is 0 Å². The van der Waals surface area contributed by atoms with E-state index in [1.807, 2.05) is 0 Å². The third-order valence-corrected chi connectivity index (χ3v) is 3.10. The highest BCUT2D eigenvalue weighted by atomic mass is 35.5. The highest BCUT2D eigenvalue weighted by Gasteiger charge is 2.12. The van der Waals surface area contributed by atoms with Gasteiger partial charge in [0, 0.05) is 5.69 Å². The van der Waals surface area contributed by atoms with Gasteiger partial charge in [0.25, 0.3) is 5.91 Å². The standard InChI is InChI=1S/C12H9Cl2FN2O/c1-6-4-7(15)2-3-9(6)17-12(18)10-5-8(13)11(14)16-10/h2-5,16H,1H3,(H,17,18). The van der Waals surface area contributed by atoms with Gasteiger partial charge in [-0.3, -0.25) is 4.79 Å². The van der Waals surface area contributed by atoms with Gasteiger partial charge in [-0.05, 0) is 36.8 Å². The fraction of sp³-hybridized carbons (Fsp3) is 0.0833. The van der Waals surface area contributed by atoms with E-state index >= 15 is 0 Å². The van der Waals surface area contributed by atoms with Crippen LogP contribution in [0.5, 0.6) is 0 Å². The molecule has 0 bridgehead atoms. The lowest BCUT2D eigenvalue weighted by Crippen LogP contribution is -2.13. The molecule has 0 unspecified atom stereocenters. The number of aromatic nitrogens is 1. The second-order valence-electron chi connectivity index (χ2n) is 3.76. The molecule has 1 aromatic heterocycles. The Bertz CT molecular complexity index is 591. The minimum Gasteiger partial charge on any atom is -0.340 e. The zero-order valence-electron chi connectivity index (χ0n) is 9.35. The molecule has 0 radical (unpaired) electrons. The van der Waals surface area contributed by atoms with E-state index < -0.39 is 5.91 Å². The average molecular weight is 287 g/mol. The molecule has 2 N–H and O–H groups in total. The molecule has 0 spiro atoms. The van der Waals surface area contributed by atoms with E-state index in [4.69, 9.17) is 23.2 Å². The highest BCUT2D eigenvalue weighted by molar-refractivity contribution is 6.41. The number of aromatic amines is 1. The number of amides is 1. The van der Waals surface area contributed by atoms with Crippen LogP contribution in [0, 0.1) is 12.7 Å². The van der Waals surface area contributed by atoms with E-state index in [9.17, 15) is 9.18 Å². The molecule has 0 aliphatic carbocycles. The summed E-state index contributed by atoms with van der Waals surface area (Å²) >= 11 is 11.4. The van der Waals surface area contributed by atoms with Crippen molar-refractivity contribution in [2.24, 2.45) is 0 Å². The molecule has 0 aliphatic rings. The minimum atomic E-state index is -0.390. The molecule has 0 saturated carbocycles. The maximum Gasteiger partial charge on any atom is 0.272 e. The van der Waals surface area contributed by atoms with Crippen LogP contribution in [0.3, 0.4) is 0 Å². The number of rotatable bonds is 2. The van der Waals surface area contributed by atoms with Gasteiger partial charge in [-0.25, -0.2) is 4.39 Å². The average Bonchev–Trinajstić information content (AvgIpc) is 2.63. The van der Waals surface area contributed by atoms with E-state index in [2.05, 4.69) is 10.3 Å². The van der Waals surface area contributed by atoms with Gasteiger partial charge in [-0.1, -0.05) is 23.2 Å². The lowest BCUT2D eigenvalue weighted by Gasteiger charge is -2.07. The predicted octanol–water partition coefficient (Wildman–Crippen LogP) is 4.02. The number of benzene rings is 1. The second kappa shape index (κ2) is 5.00. The largest absolute Gasteiger partial charge is 0.340 e. The predicted molar refractivity (Wildman–Crippen MR) is 69.9 cm³/mol. The molecule has 2 rings (SSSR count). The summed E-state index contributed by atoms with van der Waals surface area (Å²) in [6.07, 6.45) is 0. The fourth-order valence-corrected chi connectivity index (χ4v) is 1.80. The van der Waals surface area contributed by atoms with Crippen molar-refractivity contribution >= 4 is 34.8 Å². The Labute approximate surface area is 113 Å². The number of H-pyrrole nitrogens is 1. The summed E-state index contributed by atoms with van der Waals surface area (Å²) in [5, 5.41) is 3.12. The number of hydrogen-bond donors (Lipinski definition) is 2. The van der Waals surface area contributed by atoms with E-state index in [-0.39, 0.29) is 21.7 Å². The van der Waals surface area contributed by atoms with Crippen LogP contribution in [0.25, 0.3) is 0 Å². The van der Waals surface area contributed by atoms with E-state index in [0.717, 1.165) is 0 Å². The molecule has 1 heterocycles. The Morgan fingerprint density at radius 3 is 2.61 bits per heavy atom. The van der Waals surface area contributed by atoms with Crippen LogP contribution in [-0.4, -0.2) is 10.9 Å². The monoisotopic (exact) mass is 286 g/mol. The molecule has 1 amide bonds. The Balaban J connectivity index is 2.21. The molecule has 18 heavy (non-hydrogen) atoms. The van der Waals surface area contributed by atoms with Crippen LogP contribution >= 0.6 is 23.2 Å². The van der Waals surface area contributed by atoms with Crippen LogP contribution in [0.15, 0.2) is 24.3 Å². The summed E-state index contributed by atoms with van der Waals surface area (Å²) in [4.78, 5) is 14.5. The minimum absolute atomic E-state index is 0.206. The number of aryl methyl sites for hydroxylation is 1. The van der Waals surface area contributed by atoms with E-state index in [0.29, 0.717) is 11.3 Å². The first-order valence-electron chi connectivity index (χ1n) is 5.09. The number of anilines is 1. The van der Waals surface area contributed by atoms with Gasteiger partial charge in [0.1, 0.15) is 16.7 Å². The number of carbonyl (C=O) groups is 1.